The summed E-state index contributed by atoms with van der Waals surface area (Å²) in [5.41, 5.74) is 4.46. The Hall–Kier alpha value is -2.17. The number of ether oxygens (including phenoxy) is 1. The van der Waals surface area contributed by atoms with Gasteiger partial charge in [0, 0.05) is 5.69 Å². The second kappa shape index (κ2) is 4.66. The zero-order valence-corrected chi connectivity index (χ0v) is 12.3. The lowest BCUT2D eigenvalue weighted by Crippen LogP contribution is -2.28. The van der Waals surface area contributed by atoms with Crippen molar-refractivity contribution in [3.8, 4) is 5.75 Å². The van der Waals surface area contributed by atoms with Crippen LogP contribution >= 0.6 is 0 Å². The van der Waals surface area contributed by atoms with E-state index in [-0.39, 0.29) is 16.9 Å². The van der Waals surface area contributed by atoms with E-state index in [0.29, 0.717) is 17.6 Å². The number of allylic oxidation sites excluding steroid dienone is 5. The summed E-state index contributed by atoms with van der Waals surface area (Å²) in [5.74, 6) is 1.13. The predicted molar refractivity (Wildman–Crippen MR) is 81.5 cm³/mol. The maximum absolute atomic E-state index is 13.2. The summed E-state index contributed by atoms with van der Waals surface area (Å²) in [5, 5.41) is 0. The molecule has 3 aliphatic rings. The highest BCUT2D eigenvalue weighted by Crippen LogP contribution is 2.60. The fourth-order valence-electron chi connectivity index (χ4n) is 4.04. The van der Waals surface area contributed by atoms with Crippen molar-refractivity contribution in [3.63, 3.8) is 0 Å². The Morgan fingerprint density at radius 1 is 1.22 bits per heavy atom. The molecule has 3 aliphatic carbocycles. The SMILES string of the molecule is Nc1ccc(OC2=CC3CC4C=CC=CC24C3)c(C(F)(F)F)c1. The molecule has 0 heterocycles. The van der Waals surface area contributed by atoms with Gasteiger partial charge in [0.2, 0.25) is 0 Å². The van der Waals surface area contributed by atoms with Crippen molar-refractivity contribution in [1.29, 1.82) is 0 Å². The number of alkyl halides is 3. The van der Waals surface area contributed by atoms with Crippen molar-refractivity contribution in [2.75, 3.05) is 5.73 Å². The van der Waals surface area contributed by atoms with Crippen LogP contribution in [0.4, 0.5) is 18.9 Å². The average Bonchev–Trinajstić information content (AvgIpc) is 3.01. The normalized spacial score (nSPS) is 31.2. The summed E-state index contributed by atoms with van der Waals surface area (Å²) < 4.78 is 45.5. The Labute approximate surface area is 132 Å². The Morgan fingerprint density at radius 2 is 2.04 bits per heavy atom. The highest BCUT2D eigenvalue weighted by atomic mass is 19.4. The van der Waals surface area contributed by atoms with Gasteiger partial charge in [-0.05, 0) is 49.0 Å². The largest absolute Gasteiger partial charge is 0.460 e. The minimum absolute atomic E-state index is 0.0723. The summed E-state index contributed by atoms with van der Waals surface area (Å²) >= 11 is 0. The van der Waals surface area contributed by atoms with Gasteiger partial charge in [0.05, 0.1) is 5.41 Å². The fraction of sp³-hybridized carbons (Fsp3) is 0.333. The van der Waals surface area contributed by atoms with Crippen LogP contribution in [-0.2, 0) is 6.18 Å². The van der Waals surface area contributed by atoms with Gasteiger partial charge in [-0.15, -0.1) is 0 Å². The summed E-state index contributed by atoms with van der Waals surface area (Å²) in [6, 6.07) is 3.66. The van der Waals surface area contributed by atoms with E-state index in [9.17, 15) is 13.2 Å². The van der Waals surface area contributed by atoms with Crippen molar-refractivity contribution in [2.45, 2.75) is 19.0 Å². The number of nitrogen functional groups attached to an aromatic ring is 1. The molecule has 3 unspecified atom stereocenters. The lowest BCUT2D eigenvalue weighted by atomic mass is 9.74. The molecule has 0 amide bonds. The Balaban J connectivity index is 1.72. The first-order valence-corrected chi connectivity index (χ1v) is 7.61. The molecule has 2 nitrogen and oxygen atoms in total. The highest BCUT2D eigenvalue weighted by Gasteiger charge is 2.53. The van der Waals surface area contributed by atoms with E-state index in [4.69, 9.17) is 10.5 Å². The number of hydrogen-bond acceptors (Lipinski definition) is 2. The van der Waals surface area contributed by atoms with Gasteiger partial charge < -0.3 is 10.5 Å². The van der Waals surface area contributed by atoms with E-state index < -0.39 is 11.7 Å². The maximum Gasteiger partial charge on any atom is 0.420 e. The second-order valence-corrected chi connectivity index (χ2v) is 6.48. The third kappa shape index (κ3) is 2.18. The molecule has 23 heavy (non-hydrogen) atoms. The molecule has 2 bridgehead atoms. The Kier molecular flexibility index (Phi) is 2.92. The number of benzene rings is 1. The summed E-state index contributed by atoms with van der Waals surface area (Å²) in [6.45, 7) is 0. The molecule has 1 saturated carbocycles. The number of halogens is 3. The topological polar surface area (TPSA) is 35.2 Å². The first kappa shape index (κ1) is 14.4. The van der Waals surface area contributed by atoms with Crippen molar-refractivity contribution in [3.05, 3.63) is 59.9 Å². The van der Waals surface area contributed by atoms with Gasteiger partial charge in [0.1, 0.15) is 17.1 Å². The average molecular weight is 319 g/mol. The molecule has 1 aromatic rings. The number of fused-ring (bicyclic) bond motifs is 1. The standard InChI is InChI=1S/C18H16F3NO/c19-18(20,21)14-9-13(22)4-5-15(14)23-16-8-11-7-12-3-1-2-6-17(12,16)10-11/h1-6,8-9,11-12H,7,10,22H2. The van der Waals surface area contributed by atoms with Crippen LogP contribution < -0.4 is 10.5 Å². The van der Waals surface area contributed by atoms with Crippen molar-refractivity contribution in [1.82, 2.24) is 0 Å². The zero-order chi connectivity index (χ0) is 16.2. The third-order valence-electron chi connectivity index (χ3n) is 5.04. The molecule has 0 radical (unpaired) electrons. The van der Waals surface area contributed by atoms with Crippen molar-refractivity contribution < 1.29 is 17.9 Å². The van der Waals surface area contributed by atoms with Crippen LogP contribution in [0.1, 0.15) is 18.4 Å². The molecule has 5 heteroatoms. The smallest absolute Gasteiger partial charge is 0.420 e. The van der Waals surface area contributed by atoms with Crippen LogP contribution in [0.15, 0.2) is 54.3 Å². The van der Waals surface area contributed by atoms with E-state index in [1.54, 1.807) is 0 Å². The van der Waals surface area contributed by atoms with E-state index in [1.165, 1.54) is 12.1 Å². The predicted octanol–water partition coefficient (Wildman–Crippen LogP) is 4.70. The molecule has 0 aromatic heterocycles. The lowest BCUT2D eigenvalue weighted by molar-refractivity contribution is -0.138. The zero-order valence-electron chi connectivity index (χ0n) is 12.3. The van der Waals surface area contributed by atoms with Crippen LogP contribution in [0.3, 0.4) is 0 Å². The first-order valence-electron chi connectivity index (χ1n) is 7.61. The third-order valence-corrected chi connectivity index (χ3v) is 5.04. The molecule has 3 atom stereocenters. The van der Waals surface area contributed by atoms with Gasteiger partial charge in [-0.2, -0.15) is 13.2 Å². The Bertz CT molecular complexity index is 747. The van der Waals surface area contributed by atoms with Gasteiger partial charge >= 0.3 is 6.18 Å². The van der Waals surface area contributed by atoms with Gasteiger partial charge in [-0.3, -0.25) is 0 Å². The molecule has 4 rings (SSSR count). The monoisotopic (exact) mass is 319 g/mol. The molecule has 1 fully saturated rings. The fourth-order valence-corrected chi connectivity index (χ4v) is 4.04. The van der Waals surface area contributed by atoms with E-state index in [0.717, 1.165) is 18.9 Å². The molecule has 0 aliphatic heterocycles. The van der Waals surface area contributed by atoms with Gasteiger partial charge in [-0.25, -0.2) is 0 Å². The minimum atomic E-state index is -4.50. The number of nitrogens with two attached hydrogens (primary N) is 1. The highest BCUT2D eigenvalue weighted by molar-refractivity contribution is 5.50. The van der Waals surface area contributed by atoms with Crippen LogP contribution in [0.25, 0.3) is 0 Å². The van der Waals surface area contributed by atoms with Gasteiger partial charge in [-0.1, -0.05) is 24.3 Å². The van der Waals surface area contributed by atoms with E-state index in [2.05, 4.69) is 12.2 Å². The lowest BCUT2D eigenvalue weighted by Gasteiger charge is -2.34. The molecule has 2 N–H and O–H groups in total. The van der Waals surface area contributed by atoms with Crippen LogP contribution in [0.2, 0.25) is 0 Å². The van der Waals surface area contributed by atoms with Crippen LogP contribution in [0.5, 0.6) is 5.75 Å². The summed E-state index contributed by atoms with van der Waals surface area (Å²) in [7, 11) is 0. The molecular formula is C18H16F3NO. The van der Waals surface area contributed by atoms with Crippen molar-refractivity contribution >= 4 is 5.69 Å². The van der Waals surface area contributed by atoms with Gasteiger partial charge in [0.25, 0.3) is 0 Å². The number of rotatable bonds is 2. The molecule has 1 aromatic carbocycles. The molecular weight excluding hydrogens is 303 g/mol. The van der Waals surface area contributed by atoms with E-state index >= 15 is 0 Å². The van der Waals surface area contributed by atoms with Gasteiger partial charge in [0.15, 0.2) is 0 Å². The molecule has 1 spiro atoms. The maximum atomic E-state index is 13.2. The number of anilines is 1. The first-order chi connectivity index (χ1) is 10.9. The minimum Gasteiger partial charge on any atom is -0.460 e. The molecule has 0 saturated heterocycles. The number of hydrogen-bond donors (Lipinski definition) is 1. The summed E-state index contributed by atoms with van der Waals surface area (Å²) in [4.78, 5) is 0. The summed E-state index contributed by atoms with van der Waals surface area (Å²) in [6.07, 6.45) is 7.57. The quantitative estimate of drug-likeness (QED) is 0.802. The van der Waals surface area contributed by atoms with Crippen LogP contribution in [0, 0.1) is 17.3 Å². The van der Waals surface area contributed by atoms with Crippen LogP contribution in [-0.4, -0.2) is 0 Å². The Morgan fingerprint density at radius 3 is 2.83 bits per heavy atom. The molecule has 120 valence electrons. The van der Waals surface area contributed by atoms with E-state index in [1.807, 2.05) is 18.2 Å². The second-order valence-electron chi connectivity index (χ2n) is 6.48. The van der Waals surface area contributed by atoms with Crippen molar-refractivity contribution in [2.24, 2.45) is 17.3 Å².